The number of hydrogen-bond acceptors (Lipinski definition) is 3. The molecule has 7 heteroatoms. The van der Waals surface area contributed by atoms with Crippen molar-refractivity contribution in [3.8, 4) is 17.1 Å². The van der Waals surface area contributed by atoms with E-state index >= 15 is 0 Å². The van der Waals surface area contributed by atoms with E-state index in [0.29, 0.717) is 18.8 Å². The van der Waals surface area contributed by atoms with Crippen LogP contribution in [0.25, 0.3) is 17.1 Å². The van der Waals surface area contributed by atoms with E-state index in [1.54, 1.807) is 12.3 Å². The zero-order valence-electron chi connectivity index (χ0n) is 19.5. The molecule has 0 spiro atoms. The molecule has 0 amide bonds. The molecule has 0 unspecified atom stereocenters. The van der Waals surface area contributed by atoms with Gasteiger partial charge in [-0.15, -0.1) is 0 Å². The second-order valence-corrected chi connectivity index (χ2v) is 8.86. The van der Waals surface area contributed by atoms with Gasteiger partial charge in [0.25, 0.3) is 0 Å². The molecule has 0 atom stereocenters. The molecular formula is C28H27F3N4. The van der Waals surface area contributed by atoms with Crippen molar-refractivity contribution in [1.82, 2.24) is 14.5 Å². The topological polar surface area (TPSA) is 24.3 Å². The molecule has 1 saturated heterocycles. The molecule has 180 valence electrons. The van der Waals surface area contributed by atoms with E-state index in [-0.39, 0.29) is 0 Å². The molecule has 0 aliphatic carbocycles. The average Bonchev–Trinajstić information content (AvgIpc) is 3.20. The number of hydrogen-bond donors (Lipinski definition) is 0. The first kappa shape index (κ1) is 23.2. The van der Waals surface area contributed by atoms with Crippen LogP contribution in [-0.2, 0) is 12.7 Å². The zero-order valence-corrected chi connectivity index (χ0v) is 19.5. The van der Waals surface area contributed by atoms with Gasteiger partial charge in [-0.2, -0.15) is 13.2 Å². The van der Waals surface area contributed by atoms with E-state index in [1.165, 1.54) is 17.7 Å². The molecule has 3 heterocycles. The van der Waals surface area contributed by atoms with Gasteiger partial charge < -0.3 is 4.90 Å². The lowest BCUT2D eigenvalue weighted by Gasteiger charge is -2.36. The van der Waals surface area contributed by atoms with Crippen molar-refractivity contribution < 1.29 is 13.2 Å². The highest BCUT2D eigenvalue weighted by atomic mass is 19.4. The van der Waals surface area contributed by atoms with Gasteiger partial charge in [0.2, 0.25) is 0 Å². The summed E-state index contributed by atoms with van der Waals surface area (Å²) in [4.78, 5) is 8.99. The van der Waals surface area contributed by atoms with Crippen LogP contribution in [0.2, 0.25) is 0 Å². The number of nitrogens with zero attached hydrogens (tertiary/aromatic N) is 4. The first-order valence-electron chi connectivity index (χ1n) is 11.7. The first-order valence-corrected chi connectivity index (χ1v) is 11.7. The number of rotatable bonds is 5. The maximum absolute atomic E-state index is 13.1. The SMILES string of the molecule is Cc1cc(CN2CCN(c3cccc(C(F)(F)F)c3)CC2)c(-c2ccccc2)n1-c1ccccn1. The molecule has 4 nitrogen and oxygen atoms in total. The lowest BCUT2D eigenvalue weighted by Crippen LogP contribution is -2.46. The number of aromatic nitrogens is 2. The fourth-order valence-electron chi connectivity index (χ4n) is 4.80. The van der Waals surface area contributed by atoms with Gasteiger partial charge in [-0.25, -0.2) is 4.98 Å². The molecule has 0 radical (unpaired) electrons. The van der Waals surface area contributed by atoms with Crippen molar-refractivity contribution in [2.24, 2.45) is 0 Å². The van der Waals surface area contributed by atoms with Gasteiger partial charge in [0, 0.05) is 50.3 Å². The predicted molar refractivity (Wildman–Crippen MR) is 133 cm³/mol. The third-order valence-corrected chi connectivity index (χ3v) is 6.49. The molecule has 0 saturated carbocycles. The molecule has 0 N–H and O–H groups in total. The molecule has 35 heavy (non-hydrogen) atoms. The Kier molecular flexibility index (Phi) is 6.34. The summed E-state index contributed by atoms with van der Waals surface area (Å²) in [5, 5.41) is 0. The minimum atomic E-state index is -4.33. The van der Waals surface area contributed by atoms with Crippen LogP contribution in [0.5, 0.6) is 0 Å². The maximum Gasteiger partial charge on any atom is 0.416 e. The molecule has 1 fully saturated rings. The van der Waals surface area contributed by atoms with Crippen LogP contribution >= 0.6 is 0 Å². The lowest BCUT2D eigenvalue weighted by atomic mass is 10.1. The van der Waals surface area contributed by atoms with E-state index in [4.69, 9.17) is 0 Å². The van der Waals surface area contributed by atoms with Crippen molar-refractivity contribution in [3.63, 3.8) is 0 Å². The van der Waals surface area contributed by atoms with E-state index < -0.39 is 11.7 Å². The van der Waals surface area contributed by atoms with E-state index in [1.807, 2.05) is 41.3 Å². The van der Waals surface area contributed by atoms with Crippen molar-refractivity contribution in [3.05, 3.63) is 102 Å². The van der Waals surface area contributed by atoms with Crippen molar-refractivity contribution in [2.75, 3.05) is 31.1 Å². The van der Waals surface area contributed by atoms with Crippen LogP contribution in [0, 0.1) is 6.92 Å². The summed E-state index contributed by atoms with van der Waals surface area (Å²) in [6.07, 6.45) is -2.53. The van der Waals surface area contributed by atoms with Crippen LogP contribution in [0.15, 0.2) is 85.1 Å². The summed E-state index contributed by atoms with van der Waals surface area (Å²) in [5.74, 6) is 0.879. The second kappa shape index (κ2) is 9.58. The smallest absolute Gasteiger partial charge is 0.369 e. The minimum absolute atomic E-state index is 0.601. The van der Waals surface area contributed by atoms with E-state index in [2.05, 4.69) is 39.6 Å². The lowest BCUT2D eigenvalue weighted by molar-refractivity contribution is -0.137. The van der Waals surface area contributed by atoms with Crippen molar-refractivity contribution >= 4 is 5.69 Å². The Labute approximate surface area is 203 Å². The molecule has 2 aromatic carbocycles. The molecule has 5 rings (SSSR count). The van der Waals surface area contributed by atoms with Gasteiger partial charge in [-0.1, -0.05) is 42.5 Å². The van der Waals surface area contributed by atoms with Crippen LogP contribution in [0.4, 0.5) is 18.9 Å². The third-order valence-electron chi connectivity index (χ3n) is 6.49. The van der Waals surface area contributed by atoms with Gasteiger partial charge in [-0.3, -0.25) is 9.47 Å². The van der Waals surface area contributed by atoms with Crippen LogP contribution in [-0.4, -0.2) is 40.6 Å². The summed E-state index contributed by atoms with van der Waals surface area (Å²) >= 11 is 0. The zero-order chi connectivity index (χ0) is 24.4. The van der Waals surface area contributed by atoms with E-state index in [9.17, 15) is 13.2 Å². The minimum Gasteiger partial charge on any atom is -0.369 e. The summed E-state index contributed by atoms with van der Waals surface area (Å²) in [5.41, 5.74) is 4.61. The molecule has 1 aliphatic rings. The average molecular weight is 477 g/mol. The highest BCUT2D eigenvalue weighted by Gasteiger charge is 2.31. The number of halogens is 3. The molecule has 4 aromatic rings. The van der Waals surface area contributed by atoms with Gasteiger partial charge in [0.05, 0.1) is 11.3 Å². The highest BCUT2D eigenvalue weighted by Crippen LogP contribution is 2.33. The Morgan fingerprint density at radius 3 is 2.26 bits per heavy atom. The number of benzene rings is 2. The number of piperazine rings is 1. The summed E-state index contributed by atoms with van der Waals surface area (Å²) in [7, 11) is 0. The van der Waals surface area contributed by atoms with Crippen LogP contribution in [0.3, 0.4) is 0 Å². The van der Waals surface area contributed by atoms with Crippen molar-refractivity contribution in [1.29, 1.82) is 0 Å². The fourth-order valence-corrected chi connectivity index (χ4v) is 4.80. The fraction of sp³-hybridized carbons (Fsp3) is 0.250. The largest absolute Gasteiger partial charge is 0.416 e. The highest BCUT2D eigenvalue weighted by molar-refractivity contribution is 5.67. The predicted octanol–water partition coefficient (Wildman–Crippen LogP) is 6.19. The summed E-state index contributed by atoms with van der Waals surface area (Å²) < 4.78 is 41.6. The Morgan fingerprint density at radius 2 is 1.57 bits per heavy atom. The third kappa shape index (κ3) is 4.95. The first-order chi connectivity index (χ1) is 16.9. The monoisotopic (exact) mass is 476 g/mol. The van der Waals surface area contributed by atoms with Crippen molar-refractivity contribution in [2.45, 2.75) is 19.6 Å². The Balaban J connectivity index is 1.37. The summed E-state index contributed by atoms with van der Waals surface area (Å²) in [6, 6.07) is 24.1. The summed E-state index contributed by atoms with van der Waals surface area (Å²) in [6.45, 7) is 5.78. The van der Waals surface area contributed by atoms with Crippen LogP contribution < -0.4 is 4.90 Å². The molecular weight excluding hydrogens is 449 g/mol. The Bertz CT molecular complexity index is 1270. The van der Waals surface area contributed by atoms with Gasteiger partial charge in [0.15, 0.2) is 0 Å². The Hall–Kier alpha value is -3.58. The van der Waals surface area contributed by atoms with Gasteiger partial charge in [0.1, 0.15) is 5.82 Å². The normalized spacial score (nSPS) is 14.9. The van der Waals surface area contributed by atoms with Gasteiger partial charge in [-0.05, 0) is 54.4 Å². The van der Waals surface area contributed by atoms with Crippen LogP contribution in [0.1, 0.15) is 16.8 Å². The Morgan fingerprint density at radius 1 is 0.829 bits per heavy atom. The number of pyridine rings is 1. The standard InChI is InChI=1S/C28H27F3N4/c1-21-18-23(27(22-8-3-2-4-9-22)35(21)26-12-5-6-13-32-26)20-33-14-16-34(17-15-33)25-11-7-10-24(19-25)28(29,30)31/h2-13,18-19H,14-17,20H2,1H3. The number of anilines is 1. The number of aryl methyl sites for hydroxylation is 1. The van der Waals surface area contributed by atoms with Gasteiger partial charge >= 0.3 is 6.18 Å². The number of alkyl halides is 3. The van der Waals surface area contributed by atoms with E-state index in [0.717, 1.165) is 48.5 Å². The molecule has 2 aromatic heterocycles. The second-order valence-electron chi connectivity index (χ2n) is 8.86. The quantitative estimate of drug-likeness (QED) is 0.343. The molecule has 1 aliphatic heterocycles. The molecule has 0 bridgehead atoms. The maximum atomic E-state index is 13.1.